The summed E-state index contributed by atoms with van der Waals surface area (Å²) < 4.78 is 0. The fourth-order valence-corrected chi connectivity index (χ4v) is 0.955. The molecule has 0 fully saturated rings. The van der Waals surface area contributed by atoms with Crippen LogP contribution in [0.1, 0.15) is 5.56 Å². The van der Waals surface area contributed by atoms with Crippen molar-refractivity contribution in [2.24, 2.45) is 0 Å². The molecule has 0 aliphatic heterocycles. The molecule has 0 aliphatic rings. The molecule has 3 nitrogen and oxygen atoms in total. The lowest BCUT2D eigenvalue weighted by atomic mass is 10.2. The van der Waals surface area contributed by atoms with Crippen molar-refractivity contribution in [1.82, 2.24) is 5.48 Å². The first kappa shape index (κ1) is 8.33. The highest BCUT2D eigenvalue weighted by molar-refractivity contribution is 6.32. The molecule has 0 radical (unpaired) electrons. The lowest BCUT2D eigenvalue weighted by Crippen LogP contribution is -2.05. The number of aromatic hydroxyl groups is 1. The van der Waals surface area contributed by atoms with Gasteiger partial charge >= 0.3 is 0 Å². The molecular formula is C7H8ClNO2. The maximum atomic E-state index is 9.00. The molecule has 3 N–H and O–H groups in total. The van der Waals surface area contributed by atoms with Crippen molar-refractivity contribution < 1.29 is 10.3 Å². The van der Waals surface area contributed by atoms with E-state index in [1.807, 2.05) is 5.48 Å². The van der Waals surface area contributed by atoms with Crippen LogP contribution in [0.3, 0.4) is 0 Å². The normalized spacial score (nSPS) is 10.0. The van der Waals surface area contributed by atoms with Crippen LogP contribution >= 0.6 is 11.6 Å². The molecule has 0 unspecified atom stereocenters. The van der Waals surface area contributed by atoms with E-state index >= 15 is 0 Å². The SMILES string of the molecule is ONCc1ccc(O)c(Cl)c1. The first-order valence-electron chi connectivity index (χ1n) is 3.08. The second kappa shape index (κ2) is 3.57. The third-order valence-corrected chi connectivity index (χ3v) is 1.60. The molecule has 4 heteroatoms. The molecule has 0 saturated heterocycles. The van der Waals surface area contributed by atoms with E-state index < -0.39 is 0 Å². The van der Waals surface area contributed by atoms with E-state index in [1.165, 1.54) is 6.07 Å². The zero-order valence-corrected chi connectivity index (χ0v) is 6.47. The fourth-order valence-electron chi connectivity index (χ4n) is 0.752. The molecule has 0 amide bonds. The van der Waals surface area contributed by atoms with Gasteiger partial charge in [0.1, 0.15) is 5.75 Å². The van der Waals surface area contributed by atoms with Crippen molar-refractivity contribution >= 4 is 11.6 Å². The summed E-state index contributed by atoms with van der Waals surface area (Å²) in [4.78, 5) is 0. The summed E-state index contributed by atoms with van der Waals surface area (Å²) in [5.74, 6) is 0.0494. The molecule has 0 bridgehead atoms. The summed E-state index contributed by atoms with van der Waals surface area (Å²) in [6.45, 7) is 0.319. The highest BCUT2D eigenvalue weighted by Gasteiger charge is 1.98. The maximum absolute atomic E-state index is 9.00. The topological polar surface area (TPSA) is 52.5 Å². The number of rotatable bonds is 2. The zero-order valence-electron chi connectivity index (χ0n) is 5.71. The number of phenolic OH excluding ortho intramolecular Hbond substituents is 1. The van der Waals surface area contributed by atoms with E-state index in [4.69, 9.17) is 21.9 Å². The number of phenols is 1. The molecule has 1 rings (SSSR count). The van der Waals surface area contributed by atoms with Crippen molar-refractivity contribution in [1.29, 1.82) is 0 Å². The Labute approximate surface area is 69.2 Å². The van der Waals surface area contributed by atoms with Crippen LogP contribution in [-0.2, 0) is 6.54 Å². The first-order valence-corrected chi connectivity index (χ1v) is 3.46. The third kappa shape index (κ3) is 2.08. The summed E-state index contributed by atoms with van der Waals surface area (Å²) in [5.41, 5.74) is 2.81. The average molecular weight is 174 g/mol. The van der Waals surface area contributed by atoms with Gasteiger partial charge in [-0.25, -0.2) is 5.48 Å². The summed E-state index contributed by atoms with van der Waals surface area (Å²) in [6, 6.07) is 4.74. The van der Waals surface area contributed by atoms with Crippen LogP contribution < -0.4 is 5.48 Å². The van der Waals surface area contributed by atoms with Crippen LogP contribution in [0, 0.1) is 0 Å². The van der Waals surface area contributed by atoms with Crippen LogP contribution in [0.15, 0.2) is 18.2 Å². The molecule has 0 aromatic heterocycles. The largest absolute Gasteiger partial charge is 0.506 e. The molecular weight excluding hydrogens is 166 g/mol. The number of halogens is 1. The van der Waals surface area contributed by atoms with E-state index in [1.54, 1.807) is 12.1 Å². The van der Waals surface area contributed by atoms with Crippen molar-refractivity contribution in [2.75, 3.05) is 0 Å². The van der Waals surface area contributed by atoms with Gasteiger partial charge in [0, 0.05) is 6.54 Å². The lowest BCUT2D eigenvalue weighted by molar-refractivity contribution is 0.161. The predicted octanol–water partition coefficient (Wildman–Crippen LogP) is 1.52. The Balaban J connectivity index is 2.86. The maximum Gasteiger partial charge on any atom is 0.134 e. The zero-order chi connectivity index (χ0) is 8.27. The molecule has 11 heavy (non-hydrogen) atoms. The summed E-state index contributed by atoms with van der Waals surface area (Å²) in [7, 11) is 0. The Hall–Kier alpha value is -0.770. The van der Waals surface area contributed by atoms with Crippen molar-refractivity contribution in [2.45, 2.75) is 6.54 Å². The molecule has 0 aliphatic carbocycles. The second-order valence-electron chi connectivity index (χ2n) is 2.12. The Bertz CT molecular complexity index is 252. The second-order valence-corrected chi connectivity index (χ2v) is 2.53. The Morgan fingerprint density at radius 2 is 2.18 bits per heavy atom. The number of nitrogens with one attached hydrogen (secondary N) is 1. The number of hydrogen-bond donors (Lipinski definition) is 3. The predicted molar refractivity (Wildman–Crippen MR) is 41.7 cm³/mol. The van der Waals surface area contributed by atoms with Crippen molar-refractivity contribution in [3.63, 3.8) is 0 Å². The van der Waals surface area contributed by atoms with Gasteiger partial charge in [-0.15, -0.1) is 0 Å². The summed E-state index contributed by atoms with van der Waals surface area (Å²) >= 11 is 5.59. The van der Waals surface area contributed by atoms with Crippen molar-refractivity contribution in [3.8, 4) is 5.75 Å². The highest BCUT2D eigenvalue weighted by Crippen LogP contribution is 2.23. The van der Waals surface area contributed by atoms with Gasteiger partial charge in [-0.1, -0.05) is 17.7 Å². The van der Waals surface area contributed by atoms with Gasteiger partial charge in [-0.05, 0) is 17.7 Å². The van der Waals surface area contributed by atoms with Gasteiger partial charge in [0.05, 0.1) is 5.02 Å². The molecule has 1 aromatic rings. The van der Waals surface area contributed by atoms with Gasteiger partial charge in [0.25, 0.3) is 0 Å². The molecule has 1 aromatic carbocycles. The monoisotopic (exact) mass is 173 g/mol. The van der Waals surface area contributed by atoms with Crippen molar-refractivity contribution in [3.05, 3.63) is 28.8 Å². The summed E-state index contributed by atoms with van der Waals surface area (Å²) in [6.07, 6.45) is 0. The van der Waals surface area contributed by atoms with Gasteiger partial charge in [-0.2, -0.15) is 0 Å². The van der Waals surface area contributed by atoms with Crippen LogP contribution in [0.5, 0.6) is 5.75 Å². The molecule has 0 spiro atoms. The minimum Gasteiger partial charge on any atom is -0.506 e. The number of hydrogen-bond acceptors (Lipinski definition) is 3. The van der Waals surface area contributed by atoms with E-state index in [0.717, 1.165) is 5.56 Å². The van der Waals surface area contributed by atoms with Crippen LogP contribution in [0.2, 0.25) is 5.02 Å². The first-order chi connectivity index (χ1) is 5.24. The highest BCUT2D eigenvalue weighted by atomic mass is 35.5. The molecule has 0 atom stereocenters. The van der Waals surface area contributed by atoms with Gasteiger partial charge in [0.2, 0.25) is 0 Å². The van der Waals surface area contributed by atoms with Crippen LogP contribution in [0.25, 0.3) is 0 Å². The van der Waals surface area contributed by atoms with Gasteiger partial charge in [0.15, 0.2) is 0 Å². The molecule has 0 heterocycles. The minimum absolute atomic E-state index is 0.0494. The number of hydroxylamine groups is 1. The molecule has 60 valence electrons. The Morgan fingerprint density at radius 3 is 2.73 bits per heavy atom. The van der Waals surface area contributed by atoms with Gasteiger partial charge in [-0.3, -0.25) is 0 Å². The quantitative estimate of drug-likeness (QED) is 0.595. The number of benzene rings is 1. The Morgan fingerprint density at radius 1 is 1.45 bits per heavy atom. The average Bonchev–Trinajstić information content (AvgIpc) is 1.98. The van der Waals surface area contributed by atoms with E-state index in [0.29, 0.717) is 6.54 Å². The fraction of sp³-hybridized carbons (Fsp3) is 0.143. The smallest absolute Gasteiger partial charge is 0.134 e. The lowest BCUT2D eigenvalue weighted by Gasteiger charge is -2.00. The van der Waals surface area contributed by atoms with E-state index in [9.17, 15) is 0 Å². The summed E-state index contributed by atoms with van der Waals surface area (Å²) in [5, 5.41) is 17.6. The molecule has 0 saturated carbocycles. The standard InChI is InChI=1S/C7H8ClNO2/c8-6-3-5(4-9-11)1-2-7(6)10/h1-3,9-11H,4H2. The van der Waals surface area contributed by atoms with E-state index in [-0.39, 0.29) is 10.8 Å². The Kier molecular flexibility index (Phi) is 2.70. The minimum atomic E-state index is 0.0494. The van der Waals surface area contributed by atoms with E-state index in [2.05, 4.69) is 0 Å². The third-order valence-electron chi connectivity index (χ3n) is 1.30. The van der Waals surface area contributed by atoms with Crippen LogP contribution in [-0.4, -0.2) is 10.3 Å². The van der Waals surface area contributed by atoms with Gasteiger partial charge < -0.3 is 10.3 Å². The van der Waals surface area contributed by atoms with Crippen LogP contribution in [0.4, 0.5) is 0 Å².